The molecule has 31 heavy (non-hydrogen) atoms. The van der Waals surface area contributed by atoms with Crippen molar-refractivity contribution in [1.29, 1.82) is 0 Å². The first-order valence-electron chi connectivity index (χ1n) is 12.7. The second-order valence-electron chi connectivity index (χ2n) is 9.84. The van der Waals surface area contributed by atoms with Gasteiger partial charge in [-0.25, -0.2) is 4.39 Å². The fraction of sp³-hybridized carbons (Fsp3) is 0.741. The Hall–Kier alpha value is -1.45. The van der Waals surface area contributed by atoms with Crippen LogP contribution in [0.15, 0.2) is 12.1 Å². The molecule has 2 fully saturated rings. The van der Waals surface area contributed by atoms with E-state index in [1.54, 1.807) is 0 Å². The first-order valence-corrected chi connectivity index (χ1v) is 12.7. The van der Waals surface area contributed by atoms with Gasteiger partial charge in [-0.05, 0) is 74.8 Å². The van der Waals surface area contributed by atoms with E-state index >= 15 is 0 Å². The van der Waals surface area contributed by atoms with Crippen LogP contribution in [0.5, 0.6) is 5.75 Å². The van der Waals surface area contributed by atoms with E-state index in [4.69, 9.17) is 4.74 Å². The molecule has 1 aromatic carbocycles. The lowest BCUT2D eigenvalue weighted by molar-refractivity contribution is 0.0823. The van der Waals surface area contributed by atoms with Gasteiger partial charge in [-0.15, -0.1) is 0 Å². The summed E-state index contributed by atoms with van der Waals surface area (Å²) in [5.41, 5.74) is -0.114. The zero-order chi connectivity index (χ0) is 22.2. The third-order valence-electron chi connectivity index (χ3n) is 7.69. The first kappa shape index (κ1) is 24.2. The molecule has 1 aromatic rings. The fourth-order valence-corrected chi connectivity index (χ4v) is 5.75. The van der Waals surface area contributed by atoms with Crippen molar-refractivity contribution in [2.75, 3.05) is 6.61 Å². The van der Waals surface area contributed by atoms with E-state index in [0.29, 0.717) is 18.9 Å². The number of rotatable bonds is 10. The number of benzene rings is 1. The predicted molar refractivity (Wildman–Crippen MR) is 122 cm³/mol. The number of hydrogen-bond donors (Lipinski definition) is 0. The van der Waals surface area contributed by atoms with Gasteiger partial charge in [-0.3, -0.25) is 4.79 Å². The largest absolute Gasteiger partial charge is 0.490 e. The molecule has 2 nitrogen and oxygen atoms in total. The maximum absolute atomic E-state index is 14.5. The first-order chi connectivity index (χ1) is 15.0. The SMILES string of the molecule is CCCCCC1CCC(C2CCC(C(=O)c3ccc(OCCC)c(F)c3F)CC2)CC1. The van der Waals surface area contributed by atoms with Crippen molar-refractivity contribution in [3.8, 4) is 5.75 Å². The van der Waals surface area contributed by atoms with Crippen LogP contribution in [0.1, 0.15) is 108 Å². The summed E-state index contributed by atoms with van der Waals surface area (Å²) < 4.78 is 34.1. The molecule has 174 valence electrons. The second-order valence-corrected chi connectivity index (χ2v) is 9.84. The molecule has 0 atom stereocenters. The smallest absolute Gasteiger partial charge is 0.201 e. The minimum absolute atomic E-state index is 0.107. The fourth-order valence-electron chi connectivity index (χ4n) is 5.75. The van der Waals surface area contributed by atoms with Crippen molar-refractivity contribution in [3.63, 3.8) is 0 Å². The van der Waals surface area contributed by atoms with Gasteiger partial charge in [0.25, 0.3) is 0 Å². The molecule has 2 aliphatic carbocycles. The second kappa shape index (κ2) is 12.0. The minimum Gasteiger partial charge on any atom is -0.490 e. The number of ketones is 1. The Kier molecular flexibility index (Phi) is 9.34. The van der Waals surface area contributed by atoms with E-state index in [9.17, 15) is 13.6 Å². The molecular weight excluding hydrogens is 394 g/mol. The summed E-state index contributed by atoms with van der Waals surface area (Å²) in [5, 5.41) is 0. The average molecular weight is 435 g/mol. The molecule has 0 saturated heterocycles. The van der Waals surface area contributed by atoms with Gasteiger partial charge in [0, 0.05) is 5.92 Å². The Morgan fingerprint density at radius 3 is 2.13 bits per heavy atom. The Labute approximate surface area is 187 Å². The summed E-state index contributed by atoms with van der Waals surface area (Å²) in [6.07, 6.45) is 15.2. The molecule has 0 unspecified atom stereocenters. The van der Waals surface area contributed by atoms with Gasteiger partial charge in [0.2, 0.25) is 5.82 Å². The number of carbonyl (C=O) groups excluding carboxylic acids is 1. The summed E-state index contributed by atoms with van der Waals surface area (Å²) in [6, 6.07) is 2.80. The molecule has 0 N–H and O–H groups in total. The summed E-state index contributed by atoms with van der Waals surface area (Å²) in [7, 11) is 0. The molecule has 2 aliphatic rings. The van der Waals surface area contributed by atoms with Crippen molar-refractivity contribution in [2.24, 2.45) is 23.7 Å². The minimum atomic E-state index is -1.05. The molecule has 0 spiro atoms. The van der Waals surface area contributed by atoms with Crippen LogP contribution in [0.4, 0.5) is 8.78 Å². The van der Waals surface area contributed by atoms with E-state index in [-0.39, 0.29) is 23.0 Å². The molecule has 0 radical (unpaired) electrons. The predicted octanol–water partition coefficient (Wildman–Crippen LogP) is 8.13. The molecular formula is C27H40F2O2. The quantitative estimate of drug-likeness (QED) is 0.274. The van der Waals surface area contributed by atoms with E-state index in [0.717, 1.165) is 37.5 Å². The van der Waals surface area contributed by atoms with Crippen molar-refractivity contribution in [1.82, 2.24) is 0 Å². The van der Waals surface area contributed by atoms with Gasteiger partial charge in [0.1, 0.15) is 0 Å². The molecule has 0 aliphatic heterocycles. The maximum Gasteiger partial charge on any atom is 0.201 e. The number of ether oxygens (including phenoxy) is 1. The van der Waals surface area contributed by atoms with Crippen molar-refractivity contribution in [2.45, 2.75) is 97.3 Å². The zero-order valence-corrected chi connectivity index (χ0v) is 19.4. The maximum atomic E-state index is 14.5. The van der Waals surface area contributed by atoms with Gasteiger partial charge in [-0.2, -0.15) is 4.39 Å². The van der Waals surface area contributed by atoms with Crippen LogP contribution in [-0.4, -0.2) is 12.4 Å². The number of Topliss-reactive ketones (excluding diaryl/α,β-unsaturated/α-hetero) is 1. The number of unbranched alkanes of at least 4 members (excludes halogenated alkanes) is 2. The monoisotopic (exact) mass is 434 g/mol. The Morgan fingerprint density at radius 1 is 0.871 bits per heavy atom. The standard InChI is InChI=1S/C27H40F2O2/c1-3-5-6-7-19-8-10-20(11-9-19)21-12-14-22(15-13-21)27(30)23-16-17-24(31-18-4-2)26(29)25(23)28/h16-17,19-22H,3-15,18H2,1-2H3. The highest BCUT2D eigenvalue weighted by molar-refractivity contribution is 5.98. The van der Waals surface area contributed by atoms with E-state index in [1.807, 2.05) is 6.92 Å². The molecule has 2 saturated carbocycles. The van der Waals surface area contributed by atoms with Crippen LogP contribution in [0.2, 0.25) is 0 Å². The van der Waals surface area contributed by atoms with Crippen molar-refractivity contribution < 1.29 is 18.3 Å². The molecule has 3 rings (SSSR count). The average Bonchev–Trinajstić information content (AvgIpc) is 2.80. The molecule has 0 heterocycles. The Morgan fingerprint density at radius 2 is 1.52 bits per heavy atom. The lowest BCUT2D eigenvalue weighted by Gasteiger charge is -2.37. The van der Waals surface area contributed by atoms with E-state index in [2.05, 4.69) is 6.92 Å². The summed E-state index contributed by atoms with van der Waals surface area (Å²) >= 11 is 0. The highest BCUT2D eigenvalue weighted by Gasteiger charge is 2.34. The molecule has 0 bridgehead atoms. The topological polar surface area (TPSA) is 26.3 Å². The number of hydrogen-bond acceptors (Lipinski definition) is 2. The van der Waals surface area contributed by atoms with Crippen LogP contribution >= 0.6 is 0 Å². The summed E-state index contributed by atoms with van der Waals surface area (Å²) in [5.74, 6) is -0.206. The normalized spacial score (nSPS) is 26.6. The van der Waals surface area contributed by atoms with Crippen LogP contribution in [0, 0.1) is 35.3 Å². The lowest BCUT2D eigenvalue weighted by Crippen LogP contribution is -2.28. The highest BCUT2D eigenvalue weighted by atomic mass is 19.2. The Balaban J connectivity index is 1.49. The van der Waals surface area contributed by atoms with Crippen molar-refractivity contribution >= 4 is 5.78 Å². The number of halogens is 2. The molecule has 0 amide bonds. The van der Waals surface area contributed by atoms with Gasteiger partial charge in [0.15, 0.2) is 17.3 Å². The lowest BCUT2D eigenvalue weighted by atomic mass is 9.68. The van der Waals surface area contributed by atoms with Crippen LogP contribution in [0.25, 0.3) is 0 Å². The van der Waals surface area contributed by atoms with Crippen LogP contribution in [-0.2, 0) is 0 Å². The van der Waals surface area contributed by atoms with Gasteiger partial charge >= 0.3 is 0 Å². The number of carbonyl (C=O) groups is 1. The van der Waals surface area contributed by atoms with Crippen LogP contribution < -0.4 is 4.74 Å². The molecule has 4 heteroatoms. The van der Waals surface area contributed by atoms with E-state index < -0.39 is 11.6 Å². The van der Waals surface area contributed by atoms with Crippen LogP contribution in [0.3, 0.4) is 0 Å². The van der Waals surface area contributed by atoms with Gasteiger partial charge in [0.05, 0.1) is 12.2 Å². The van der Waals surface area contributed by atoms with Gasteiger partial charge in [-0.1, -0.05) is 52.4 Å². The third-order valence-corrected chi connectivity index (χ3v) is 7.69. The van der Waals surface area contributed by atoms with Gasteiger partial charge < -0.3 is 4.74 Å². The third kappa shape index (κ3) is 6.29. The van der Waals surface area contributed by atoms with E-state index in [1.165, 1.54) is 63.5 Å². The zero-order valence-electron chi connectivity index (χ0n) is 19.4. The highest BCUT2D eigenvalue weighted by Crippen LogP contribution is 2.43. The molecule has 0 aromatic heterocycles. The Bertz CT molecular complexity index is 701. The summed E-state index contributed by atoms with van der Waals surface area (Å²) in [6.45, 7) is 4.50. The summed E-state index contributed by atoms with van der Waals surface area (Å²) in [4.78, 5) is 12.9. The van der Waals surface area contributed by atoms with Crippen molar-refractivity contribution in [3.05, 3.63) is 29.3 Å².